The lowest BCUT2D eigenvalue weighted by Gasteiger charge is -2.46. The van der Waals surface area contributed by atoms with Crippen LogP contribution in [0, 0.1) is 5.82 Å². The molecule has 130 valence electrons. The van der Waals surface area contributed by atoms with Crippen molar-refractivity contribution in [2.45, 2.75) is 37.7 Å². The zero-order valence-electron chi connectivity index (χ0n) is 13.9. The van der Waals surface area contributed by atoms with Gasteiger partial charge in [-0.25, -0.2) is 4.39 Å². The molecule has 1 saturated carbocycles. The summed E-state index contributed by atoms with van der Waals surface area (Å²) in [5, 5.41) is 9.39. The van der Waals surface area contributed by atoms with Crippen LogP contribution < -0.4 is 0 Å². The number of halogens is 1. The summed E-state index contributed by atoms with van der Waals surface area (Å²) in [5.74, 6) is -0.519. The molecule has 1 unspecified atom stereocenters. The molecule has 1 aromatic rings. The molecular weight excluding hydrogens is 311 g/mol. The summed E-state index contributed by atoms with van der Waals surface area (Å²) >= 11 is 0. The SMILES string of the molecule is CC(O)C(=O)N1CCN(C(=O)C2(c3ccc(F)cc3)CCC2)CC1. The predicted octanol–water partition coefficient (Wildman–Crippen LogP) is 1.30. The van der Waals surface area contributed by atoms with Crippen molar-refractivity contribution in [3.63, 3.8) is 0 Å². The molecule has 0 spiro atoms. The van der Waals surface area contributed by atoms with Gasteiger partial charge in [0, 0.05) is 26.2 Å². The summed E-state index contributed by atoms with van der Waals surface area (Å²) in [5.41, 5.74) is 0.340. The number of carbonyl (C=O) groups excluding carboxylic acids is 2. The minimum absolute atomic E-state index is 0.0736. The van der Waals surface area contributed by atoms with Crippen molar-refractivity contribution >= 4 is 11.8 Å². The Bertz CT molecular complexity index is 618. The van der Waals surface area contributed by atoms with Crippen molar-refractivity contribution in [2.24, 2.45) is 0 Å². The quantitative estimate of drug-likeness (QED) is 0.906. The number of piperazine rings is 1. The maximum absolute atomic E-state index is 13.2. The highest BCUT2D eigenvalue weighted by Gasteiger charge is 2.48. The van der Waals surface area contributed by atoms with E-state index in [0.717, 1.165) is 24.8 Å². The van der Waals surface area contributed by atoms with Crippen LogP contribution in [0.25, 0.3) is 0 Å². The van der Waals surface area contributed by atoms with Gasteiger partial charge in [0.2, 0.25) is 5.91 Å². The molecule has 1 atom stereocenters. The molecule has 5 nitrogen and oxygen atoms in total. The molecule has 0 bridgehead atoms. The largest absolute Gasteiger partial charge is 0.384 e. The highest BCUT2D eigenvalue weighted by molar-refractivity contribution is 5.89. The van der Waals surface area contributed by atoms with Gasteiger partial charge in [0.05, 0.1) is 5.41 Å². The first-order valence-corrected chi connectivity index (χ1v) is 8.46. The Labute approximate surface area is 141 Å². The van der Waals surface area contributed by atoms with E-state index in [2.05, 4.69) is 0 Å². The van der Waals surface area contributed by atoms with E-state index >= 15 is 0 Å². The molecule has 24 heavy (non-hydrogen) atoms. The molecular formula is C18H23FN2O3. The predicted molar refractivity (Wildman–Crippen MR) is 86.8 cm³/mol. The van der Waals surface area contributed by atoms with Crippen molar-refractivity contribution in [1.29, 1.82) is 0 Å². The highest BCUT2D eigenvalue weighted by atomic mass is 19.1. The molecule has 1 heterocycles. The van der Waals surface area contributed by atoms with Gasteiger partial charge in [0.25, 0.3) is 5.91 Å². The van der Waals surface area contributed by atoms with Crippen molar-refractivity contribution in [2.75, 3.05) is 26.2 Å². The zero-order chi connectivity index (χ0) is 17.3. The van der Waals surface area contributed by atoms with E-state index < -0.39 is 11.5 Å². The molecule has 1 aliphatic heterocycles. The standard InChI is InChI=1S/C18H23FN2O3/c1-13(22)16(23)20-9-11-21(12-10-20)17(24)18(7-2-8-18)14-3-5-15(19)6-4-14/h3-6,13,22H,2,7-12H2,1H3. The topological polar surface area (TPSA) is 60.9 Å². The van der Waals surface area contributed by atoms with Crippen molar-refractivity contribution < 1.29 is 19.1 Å². The third-order valence-corrected chi connectivity index (χ3v) is 5.25. The second kappa shape index (κ2) is 6.51. The van der Waals surface area contributed by atoms with Gasteiger partial charge in [-0.3, -0.25) is 9.59 Å². The van der Waals surface area contributed by atoms with Crippen LogP contribution in [0.4, 0.5) is 4.39 Å². The molecule has 2 aliphatic rings. The number of amides is 2. The molecule has 0 aromatic heterocycles. The molecule has 6 heteroatoms. The summed E-state index contributed by atoms with van der Waals surface area (Å²) in [7, 11) is 0. The van der Waals surface area contributed by atoms with Gasteiger partial charge in [-0.2, -0.15) is 0 Å². The monoisotopic (exact) mass is 334 g/mol. The second-order valence-electron chi connectivity index (χ2n) is 6.74. The van der Waals surface area contributed by atoms with Crippen molar-refractivity contribution in [3.05, 3.63) is 35.6 Å². The van der Waals surface area contributed by atoms with Crippen molar-refractivity contribution in [1.82, 2.24) is 9.80 Å². The second-order valence-corrected chi connectivity index (χ2v) is 6.74. The molecule has 3 rings (SSSR count). The van der Waals surface area contributed by atoms with E-state index in [1.165, 1.54) is 19.1 Å². The summed E-state index contributed by atoms with van der Waals surface area (Å²) in [6.07, 6.45) is 1.54. The Hall–Kier alpha value is -1.95. The molecule has 1 aromatic carbocycles. The fourth-order valence-corrected chi connectivity index (χ4v) is 3.62. The van der Waals surface area contributed by atoms with Crippen LogP contribution in [0.5, 0.6) is 0 Å². The van der Waals surface area contributed by atoms with E-state index in [-0.39, 0.29) is 17.6 Å². The molecule has 1 N–H and O–H groups in total. The summed E-state index contributed by atoms with van der Waals surface area (Å²) < 4.78 is 13.2. The molecule has 0 radical (unpaired) electrons. The van der Waals surface area contributed by atoms with Crippen LogP contribution in [0.3, 0.4) is 0 Å². The third-order valence-electron chi connectivity index (χ3n) is 5.25. The first-order chi connectivity index (χ1) is 11.4. The number of aliphatic hydroxyl groups is 1. The maximum atomic E-state index is 13.2. The smallest absolute Gasteiger partial charge is 0.251 e. The lowest BCUT2D eigenvalue weighted by atomic mass is 9.63. The maximum Gasteiger partial charge on any atom is 0.251 e. The summed E-state index contributed by atoms with van der Waals surface area (Å²) in [6, 6.07) is 6.23. The van der Waals surface area contributed by atoms with Crippen LogP contribution in [-0.4, -0.2) is 59.0 Å². The first-order valence-electron chi connectivity index (χ1n) is 8.46. The molecule has 2 amide bonds. The van der Waals surface area contributed by atoms with Crippen LogP contribution in [0.1, 0.15) is 31.7 Å². The van der Waals surface area contributed by atoms with E-state index in [4.69, 9.17) is 0 Å². The molecule has 1 aliphatic carbocycles. The number of hydrogen-bond acceptors (Lipinski definition) is 3. The lowest BCUT2D eigenvalue weighted by molar-refractivity contribution is -0.148. The van der Waals surface area contributed by atoms with Crippen LogP contribution in [-0.2, 0) is 15.0 Å². The minimum Gasteiger partial charge on any atom is -0.384 e. The number of rotatable bonds is 3. The number of benzene rings is 1. The van der Waals surface area contributed by atoms with Gasteiger partial charge in [-0.1, -0.05) is 18.6 Å². The Kier molecular flexibility index (Phi) is 4.58. The Morgan fingerprint density at radius 2 is 1.62 bits per heavy atom. The van der Waals surface area contributed by atoms with Crippen LogP contribution >= 0.6 is 0 Å². The molecule has 2 fully saturated rings. The van der Waals surface area contributed by atoms with Gasteiger partial charge in [0.15, 0.2) is 0 Å². The van der Waals surface area contributed by atoms with E-state index in [0.29, 0.717) is 26.2 Å². The number of nitrogens with zero attached hydrogens (tertiary/aromatic N) is 2. The highest BCUT2D eigenvalue weighted by Crippen LogP contribution is 2.45. The first kappa shape index (κ1) is 16.9. The van der Waals surface area contributed by atoms with Crippen molar-refractivity contribution in [3.8, 4) is 0 Å². The van der Waals surface area contributed by atoms with Gasteiger partial charge in [0.1, 0.15) is 11.9 Å². The van der Waals surface area contributed by atoms with Gasteiger partial charge in [-0.05, 0) is 37.5 Å². The normalized spacial score (nSPS) is 21.1. The lowest BCUT2D eigenvalue weighted by Crippen LogP contribution is -2.58. The summed E-state index contributed by atoms with van der Waals surface area (Å²) in [4.78, 5) is 28.3. The fourth-order valence-electron chi connectivity index (χ4n) is 3.62. The van der Waals surface area contributed by atoms with E-state index in [9.17, 15) is 19.1 Å². The Morgan fingerprint density at radius 3 is 2.08 bits per heavy atom. The fraction of sp³-hybridized carbons (Fsp3) is 0.556. The van der Waals surface area contributed by atoms with Crippen LogP contribution in [0.2, 0.25) is 0 Å². The average Bonchev–Trinajstić information content (AvgIpc) is 2.55. The zero-order valence-corrected chi connectivity index (χ0v) is 13.9. The van der Waals surface area contributed by atoms with E-state index in [1.54, 1.807) is 21.9 Å². The number of hydrogen-bond donors (Lipinski definition) is 1. The Balaban J connectivity index is 1.70. The Morgan fingerprint density at radius 1 is 1.08 bits per heavy atom. The van der Waals surface area contributed by atoms with Gasteiger partial charge in [-0.15, -0.1) is 0 Å². The summed E-state index contributed by atoms with van der Waals surface area (Å²) in [6.45, 7) is 3.28. The number of aliphatic hydroxyl groups excluding tert-OH is 1. The molecule has 1 saturated heterocycles. The van der Waals surface area contributed by atoms with Gasteiger partial charge >= 0.3 is 0 Å². The average molecular weight is 334 g/mol. The third kappa shape index (κ3) is 2.90. The number of carbonyl (C=O) groups is 2. The van der Waals surface area contributed by atoms with Crippen LogP contribution in [0.15, 0.2) is 24.3 Å². The van der Waals surface area contributed by atoms with E-state index in [1.807, 2.05) is 0 Å². The minimum atomic E-state index is -1.01. The van der Waals surface area contributed by atoms with Gasteiger partial charge < -0.3 is 14.9 Å².